The van der Waals surface area contributed by atoms with Crippen LogP contribution in [0.4, 0.5) is 0 Å². The van der Waals surface area contributed by atoms with Crippen molar-refractivity contribution in [3.63, 3.8) is 0 Å². The highest BCUT2D eigenvalue weighted by atomic mass is 16.5. The van der Waals surface area contributed by atoms with E-state index in [9.17, 15) is 5.11 Å². The number of H-pyrrole nitrogens is 1. The number of hydrogen-bond donors (Lipinski definition) is 3. The van der Waals surface area contributed by atoms with Gasteiger partial charge in [0, 0.05) is 31.1 Å². The van der Waals surface area contributed by atoms with Gasteiger partial charge in [-0.25, -0.2) is 4.98 Å². The number of rotatable bonds is 8. The lowest BCUT2D eigenvalue weighted by Crippen LogP contribution is -2.34. The summed E-state index contributed by atoms with van der Waals surface area (Å²) in [5, 5.41) is 13.6. The minimum absolute atomic E-state index is 0.355. The Morgan fingerprint density at radius 1 is 1.19 bits per heavy atom. The van der Waals surface area contributed by atoms with Crippen molar-refractivity contribution in [2.75, 3.05) is 13.7 Å². The summed E-state index contributed by atoms with van der Waals surface area (Å²) in [7, 11) is 1.62. The van der Waals surface area contributed by atoms with Crippen molar-refractivity contribution in [1.82, 2.24) is 20.3 Å². The Labute approximate surface area is 190 Å². The molecular weight excluding hydrogens is 400 g/mol. The molecule has 6 nitrogen and oxygen atoms in total. The zero-order chi connectivity index (χ0) is 22.7. The Bertz CT molecular complexity index is 1090. The van der Waals surface area contributed by atoms with Crippen molar-refractivity contribution in [3.8, 4) is 11.6 Å². The average molecular weight is 435 g/mol. The van der Waals surface area contributed by atoms with Gasteiger partial charge in [-0.05, 0) is 49.1 Å². The van der Waals surface area contributed by atoms with Gasteiger partial charge in [-0.15, -0.1) is 0 Å². The molecule has 0 saturated carbocycles. The molecule has 0 amide bonds. The number of aromatic hydroxyl groups is 1. The highest BCUT2D eigenvalue weighted by Gasteiger charge is 2.32. The van der Waals surface area contributed by atoms with E-state index in [4.69, 9.17) is 9.72 Å². The molecule has 0 spiro atoms. The summed E-state index contributed by atoms with van der Waals surface area (Å²) in [6.07, 6.45) is 4.50. The van der Waals surface area contributed by atoms with Gasteiger partial charge in [-0.1, -0.05) is 43.7 Å². The van der Waals surface area contributed by atoms with E-state index in [1.165, 1.54) is 5.57 Å². The summed E-state index contributed by atoms with van der Waals surface area (Å²) in [5.41, 5.74) is 4.04. The first-order valence-corrected chi connectivity index (χ1v) is 11.5. The van der Waals surface area contributed by atoms with Gasteiger partial charge < -0.3 is 20.1 Å². The van der Waals surface area contributed by atoms with Crippen LogP contribution in [-0.4, -0.2) is 33.7 Å². The Hall–Kier alpha value is -2.86. The molecule has 3 N–H and O–H groups in total. The highest BCUT2D eigenvalue weighted by molar-refractivity contribution is 5.71. The molecule has 4 rings (SSSR count). The number of phenols is 1. The van der Waals surface area contributed by atoms with Gasteiger partial charge in [0.15, 0.2) is 5.65 Å². The monoisotopic (exact) mass is 434 g/mol. The molecule has 3 atom stereocenters. The van der Waals surface area contributed by atoms with Crippen LogP contribution < -0.4 is 10.1 Å². The number of allylic oxidation sites excluding steroid dienone is 1. The third-order valence-corrected chi connectivity index (χ3v) is 6.79. The molecule has 1 aliphatic carbocycles. The normalized spacial score (nSPS) is 21.2. The number of nitrogens with one attached hydrogen (secondary N) is 2. The maximum absolute atomic E-state index is 10.0. The summed E-state index contributed by atoms with van der Waals surface area (Å²) in [4.78, 5) is 12.6. The Kier molecular flexibility index (Phi) is 6.80. The van der Waals surface area contributed by atoms with Gasteiger partial charge in [-0.3, -0.25) is 0 Å². The second-order valence-corrected chi connectivity index (χ2v) is 9.29. The second kappa shape index (κ2) is 9.74. The number of aromatic amines is 1. The lowest BCUT2D eigenvalue weighted by molar-refractivity contribution is 0.221. The van der Waals surface area contributed by atoms with Crippen molar-refractivity contribution < 1.29 is 9.84 Å². The maximum atomic E-state index is 10.0. The van der Waals surface area contributed by atoms with Gasteiger partial charge in [0.1, 0.15) is 11.6 Å². The van der Waals surface area contributed by atoms with Gasteiger partial charge in [0.2, 0.25) is 5.88 Å². The third-order valence-electron chi connectivity index (χ3n) is 6.79. The number of hydrogen-bond acceptors (Lipinski definition) is 5. The van der Waals surface area contributed by atoms with E-state index in [0.29, 0.717) is 47.5 Å². The predicted molar refractivity (Wildman–Crippen MR) is 128 cm³/mol. The molecule has 3 aromatic rings. The van der Waals surface area contributed by atoms with E-state index >= 15 is 0 Å². The first-order chi connectivity index (χ1) is 15.4. The average Bonchev–Trinajstić information content (AvgIpc) is 3.18. The lowest BCUT2D eigenvalue weighted by Gasteiger charge is -2.37. The highest BCUT2D eigenvalue weighted by Crippen LogP contribution is 2.38. The number of ether oxygens (including phenoxy) is 1. The van der Waals surface area contributed by atoms with E-state index in [2.05, 4.69) is 42.1 Å². The summed E-state index contributed by atoms with van der Waals surface area (Å²) < 4.78 is 5.22. The van der Waals surface area contributed by atoms with Gasteiger partial charge >= 0.3 is 0 Å². The molecule has 2 heterocycles. The van der Waals surface area contributed by atoms with E-state index in [1.807, 2.05) is 30.3 Å². The van der Waals surface area contributed by atoms with E-state index in [1.54, 1.807) is 13.2 Å². The SMILES string of the molecule is COc1ccc2[nH]c(CC3CC(C(C)C)C(CNCc4ccccc4O)C=C3C)nc2n1. The number of nitrogens with zero attached hydrogens (tertiary/aromatic N) is 2. The molecule has 6 heteroatoms. The number of para-hydroxylation sites is 1. The van der Waals surface area contributed by atoms with Gasteiger partial charge in [0.05, 0.1) is 12.6 Å². The van der Waals surface area contributed by atoms with Crippen LogP contribution in [0.1, 0.15) is 38.6 Å². The summed E-state index contributed by atoms with van der Waals surface area (Å²) in [5.74, 6) is 4.08. The Morgan fingerprint density at radius 3 is 2.75 bits per heavy atom. The van der Waals surface area contributed by atoms with Crippen molar-refractivity contribution in [2.45, 2.75) is 40.2 Å². The molecule has 0 saturated heterocycles. The molecule has 3 unspecified atom stereocenters. The number of benzene rings is 1. The van der Waals surface area contributed by atoms with Crippen molar-refractivity contribution in [3.05, 3.63) is 59.4 Å². The standard InChI is InChI=1S/C26H34N4O2/c1-16(2)21-12-19(13-24-28-22-9-10-25(32-4)30-26(22)29-24)17(3)11-20(21)15-27-14-18-7-5-6-8-23(18)31/h5-11,16,19-21,27,31H,12-15H2,1-4H3,(H,28,29,30). The fourth-order valence-electron chi connectivity index (χ4n) is 4.91. The van der Waals surface area contributed by atoms with Crippen LogP contribution in [0.2, 0.25) is 0 Å². The van der Waals surface area contributed by atoms with Gasteiger partial charge in [-0.2, -0.15) is 4.98 Å². The molecule has 0 radical (unpaired) electrons. The first-order valence-electron chi connectivity index (χ1n) is 11.5. The third kappa shape index (κ3) is 4.96. The van der Waals surface area contributed by atoms with Crippen LogP contribution in [0.25, 0.3) is 11.2 Å². The molecule has 0 fully saturated rings. The largest absolute Gasteiger partial charge is 0.508 e. The summed E-state index contributed by atoms with van der Waals surface area (Å²) >= 11 is 0. The fourth-order valence-corrected chi connectivity index (χ4v) is 4.91. The Morgan fingerprint density at radius 2 is 2.00 bits per heavy atom. The predicted octanol–water partition coefficient (Wildman–Crippen LogP) is 4.86. The molecule has 32 heavy (non-hydrogen) atoms. The fraction of sp³-hybridized carbons (Fsp3) is 0.462. The number of phenolic OH excluding ortho intramolecular Hbond substituents is 1. The van der Waals surface area contributed by atoms with Crippen molar-refractivity contribution in [2.24, 2.45) is 23.7 Å². The number of fused-ring (bicyclic) bond motifs is 1. The molecule has 1 aliphatic rings. The van der Waals surface area contributed by atoms with E-state index in [-0.39, 0.29) is 0 Å². The zero-order valence-electron chi connectivity index (χ0n) is 19.4. The number of pyridine rings is 1. The van der Waals surface area contributed by atoms with Crippen LogP contribution in [0, 0.1) is 23.7 Å². The number of aromatic nitrogens is 3. The van der Waals surface area contributed by atoms with E-state index in [0.717, 1.165) is 36.3 Å². The molecule has 2 aromatic heterocycles. The van der Waals surface area contributed by atoms with Crippen LogP contribution >= 0.6 is 0 Å². The number of imidazole rings is 1. The van der Waals surface area contributed by atoms with Gasteiger partial charge in [0.25, 0.3) is 0 Å². The van der Waals surface area contributed by atoms with Crippen LogP contribution in [0.3, 0.4) is 0 Å². The van der Waals surface area contributed by atoms with Crippen molar-refractivity contribution in [1.29, 1.82) is 0 Å². The van der Waals surface area contributed by atoms with Crippen LogP contribution in [0.5, 0.6) is 11.6 Å². The molecule has 0 aliphatic heterocycles. The Balaban J connectivity index is 1.44. The first kappa shape index (κ1) is 22.3. The van der Waals surface area contributed by atoms with E-state index < -0.39 is 0 Å². The zero-order valence-corrected chi connectivity index (χ0v) is 19.4. The topological polar surface area (TPSA) is 83.1 Å². The van der Waals surface area contributed by atoms with Crippen LogP contribution in [0.15, 0.2) is 48.0 Å². The molecule has 1 aromatic carbocycles. The maximum Gasteiger partial charge on any atom is 0.215 e. The lowest BCUT2D eigenvalue weighted by atomic mass is 9.70. The minimum Gasteiger partial charge on any atom is -0.508 e. The minimum atomic E-state index is 0.355. The van der Waals surface area contributed by atoms with Crippen LogP contribution in [-0.2, 0) is 13.0 Å². The quantitative estimate of drug-likeness (QED) is 0.441. The molecular formula is C26H34N4O2. The summed E-state index contributed by atoms with van der Waals surface area (Å²) in [6, 6.07) is 11.4. The summed E-state index contributed by atoms with van der Waals surface area (Å²) in [6.45, 7) is 8.49. The number of methoxy groups -OCH3 is 1. The second-order valence-electron chi connectivity index (χ2n) is 9.29. The molecule has 0 bridgehead atoms. The van der Waals surface area contributed by atoms with Crippen molar-refractivity contribution >= 4 is 11.2 Å². The molecule has 170 valence electrons. The smallest absolute Gasteiger partial charge is 0.215 e.